The van der Waals surface area contributed by atoms with E-state index in [1.54, 1.807) is 29.1 Å². The fourth-order valence-electron chi connectivity index (χ4n) is 3.18. The van der Waals surface area contributed by atoms with Gasteiger partial charge in [0.15, 0.2) is 0 Å². The van der Waals surface area contributed by atoms with Gasteiger partial charge in [0.05, 0.1) is 21.4 Å². The molecule has 0 bridgehead atoms. The minimum absolute atomic E-state index is 0.116. The topological polar surface area (TPSA) is 114 Å². The number of phenolic OH excluding ortho intramolecular Hbond substituents is 1. The first kappa shape index (κ1) is 23.9. The number of nitrogens with two attached hydrogens (primary N) is 1. The highest BCUT2D eigenvalue weighted by atomic mass is 79.9. The van der Waals surface area contributed by atoms with Gasteiger partial charge in [0.1, 0.15) is 17.1 Å². The third kappa shape index (κ3) is 5.73. The second-order valence-electron chi connectivity index (χ2n) is 7.82. The zero-order chi connectivity index (χ0) is 23.5. The quantitative estimate of drug-likeness (QED) is 0.333. The van der Waals surface area contributed by atoms with Crippen molar-refractivity contribution in [3.8, 4) is 22.8 Å². The minimum atomic E-state index is -0.475. The Morgan fingerprint density at radius 1 is 1.25 bits per heavy atom. The molecular formula is C22H25BrClN5O3. The zero-order valence-electron chi connectivity index (χ0n) is 17.9. The summed E-state index contributed by atoms with van der Waals surface area (Å²) in [4.78, 5) is 12.5. The van der Waals surface area contributed by atoms with Crippen LogP contribution in [0.25, 0.3) is 11.3 Å². The van der Waals surface area contributed by atoms with Gasteiger partial charge < -0.3 is 26.2 Å². The lowest BCUT2D eigenvalue weighted by molar-refractivity contribution is 0.103. The summed E-state index contributed by atoms with van der Waals surface area (Å²) in [6, 6.07) is 9.36. The molecule has 1 heterocycles. The molecule has 0 radical (unpaired) electrons. The van der Waals surface area contributed by atoms with Gasteiger partial charge in [-0.05, 0) is 73.1 Å². The number of rotatable bonds is 7. The first-order valence-corrected chi connectivity index (χ1v) is 11.0. The van der Waals surface area contributed by atoms with Crippen molar-refractivity contribution in [3.63, 3.8) is 0 Å². The molecule has 0 spiro atoms. The number of carbonyl (C=O) groups is 1. The molecule has 3 rings (SSSR count). The smallest absolute Gasteiger partial charge is 0.323 e. The van der Waals surface area contributed by atoms with Gasteiger partial charge in [-0.3, -0.25) is 4.68 Å². The van der Waals surface area contributed by atoms with Crippen molar-refractivity contribution in [1.82, 2.24) is 9.78 Å². The molecule has 0 saturated heterocycles. The minimum Gasteiger partial charge on any atom is -0.506 e. The lowest BCUT2D eigenvalue weighted by atomic mass is 10.0. The van der Waals surface area contributed by atoms with Crippen LogP contribution in [-0.2, 0) is 7.05 Å². The number of amides is 2. The van der Waals surface area contributed by atoms with Gasteiger partial charge in [-0.2, -0.15) is 5.10 Å². The number of phenols is 1. The molecule has 5 N–H and O–H groups in total. The molecule has 170 valence electrons. The maximum absolute atomic E-state index is 12.5. The summed E-state index contributed by atoms with van der Waals surface area (Å²) in [6.07, 6.45) is 2.37. The number of nitrogens with one attached hydrogen (secondary N) is 2. The summed E-state index contributed by atoms with van der Waals surface area (Å²) in [6.45, 7) is 4.45. The Hall–Kier alpha value is -2.75. The van der Waals surface area contributed by atoms with E-state index < -0.39 is 11.6 Å². The Labute approximate surface area is 199 Å². The second-order valence-corrected chi connectivity index (χ2v) is 9.08. The van der Waals surface area contributed by atoms with Gasteiger partial charge >= 0.3 is 6.03 Å². The number of ether oxygens (including phenoxy) is 1. The summed E-state index contributed by atoms with van der Waals surface area (Å²) >= 11 is 9.35. The SMILES string of the molecule is Cn1ncc(Br)c1-c1cc(NC(=O)Nc2ccc(Cl)c(O)c2)ccc1OC(C)(C)CCN. The summed E-state index contributed by atoms with van der Waals surface area (Å²) in [5.41, 5.74) is 7.76. The molecule has 0 unspecified atom stereocenters. The maximum Gasteiger partial charge on any atom is 0.323 e. The van der Waals surface area contributed by atoms with Gasteiger partial charge in [0, 0.05) is 30.1 Å². The van der Waals surface area contributed by atoms with E-state index in [2.05, 4.69) is 31.7 Å². The van der Waals surface area contributed by atoms with Gasteiger partial charge in [-0.15, -0.1) is 0 Å². The molecule has 2 aromatic carbocycles. The molecule has 3 aromatic rings. The lowest BCUT2D eigenvalue weighted by Crippen LogP contribution is -2.31. The van der Waals surface area contributed by atoms with Crippen molar-refractivity contribution in [3.05, 3.63) is 52.1 Å². The van der Waals surface area contributed by atoms with Crippen LogP contribution in [0.3, 0.4) is 0 Å². The predicted molar refractivity (Wildman–Crippen MR) is 130 cm³/mol. The number of anilines is 2. The summed E-state index contributed by atoms with van der Waals surface area (Å²) in [5, 5.41) is 19.7. The van der Waals surface area contributed by atoms with Crippen molar-refractivity contribution in [2.45, 2.75) is 25.9 Å². The molecule has 0 aliphatic rings. The number of aryl methyl sites for hydroxylation is 1. The van der Waals surface area contributed by atoms with E-state index in [1.807, 2.05) is 27.0 Å². The number of carbonyl (C=O) groups excluding carboxylic acids is 1. The van der Waals surface area contributed by atoms with E-state index in [1.165, 1.54) is 12.1 Å². The fraction of sp³-hybridized carbons (Fsp3) is 0.273. The van der Waals surface area contributed by atoms with Crippen LogP contribution in [0, 0.1) is 0 Å². The van der Waals surface area contributed by atoms with Crippen LogP contribution >= 0.6 is 27.5 Å². The number of aromatic hydroxyl groups is 1. The molecule has 0 saturated carbocycles. The third-order valence-electron chi connectivity index (χ3n) is 4.72. The number of halogens is 2. The Balaban J connectivity index is 1.90. The number of hydrogen-bond acceptors (Lipinski definition) is 5. The molecule has 10 heteroatoms. The Kier molecular flexibility index (Phi) is 7.33. The van der Waals surface area contributed by atoms with E-state index in [9.17, 15) is 9.90 Å². The normalized spacial score (nSPS) is 11.3. The summed E-state index contributed by atoms with van der Waals surface area (Å²) < 4.78 is 8.79. The van der Waals surface area contributed by atoms with Crippen molar-refractivity contribution in [2.24, 2.45) is 12.8 Å². The van der Waals surface area contributed by atoms with Gasteiger partial charge in [0.25, 0.3) is 0 Å². The van der Waals surface area contributed by atoms with Crippen LogP contribution in [0.4, 0.5) is 16.2 Å². The Morgan fingerprint density at radius 3 is 2.50 bits per heavy atom. The van der Waals surface area contributed by atoms with E-state index in [4.69, 9.17) is 22.1 Å². The van der Waals surface area contributed by atoms with Crippen LogP contribution in [0.2, 0.25) is 5.02 Å². The highest BCUT2D eigenvalue weighted by Gasteiger charge is 2.23. The van der Waals surface area contributed by atoms with E-state index >= 15 is 0 Å². The van der Waals surface area contributed by atoms with Crippen molar-refractivity contribution in [1.29, 1.82) is 0 Å². The van der Waals surface area contributed by atoms with Crippen LogP contribution < -0.4 is 21.1 Å². The van der Waals surface area contributed by atoms with Crippen LogP contribution in [0.1, 0.15) is 20.3 Å². The first-order chi connectivity index (χ1) is 15.1. The highest BCUT2D eigenvalue weighted by molar-refractivity contribution is 9.10. The highest BCUT2D eigenvalue weighted by Crippen LogP contribution is 2.38. The van der Waals surface area contributed by atoms with E-state index in [0.29, 0.717) is 30.1 Å². The van der Waals surface area contributed by atoms with Gasteiger partial charge in [-0.25, -0.2) is 4.79 Å². The van der Waals surface area contributed by atoms with Gasteiger partial charge in [0.2, 0.25) is 0 Å². The number of nitrogens with zero attached hydrogens (tertiary/aromatic N) is 2. The summed E-state index contributed by atoms with van der Waals surface area (Å²) in [7, 11) is 1.83. The molecule has 8 nitrogen and oxygen atoms in total. The summed E-state index contributed by atoms with van der Waals surface area (Å²) in [5.74, 6) is 0.524. The van der Waals surface area contributed by atoms with Gasteiger partial charge in [-0.1, -0.05) is 11.6 Å². The number of aromatic nitrogens is 2. The average molecular weight is 523 g/mol. The monoisotopic (exact) mass is 521 g/mol. The van der Waals surface area contributed by atoms with Crippen LogP contribution in [0.5, 0.6) is 11.5 Å². The molecule has 0 fully saturated rings. The van der Waals surface area contributed by atoms with Crippen molar-refractivity contribution in [2.75, 3.05) is 17.2 Å². The second kappa shape index (κ2) is 9.81. The number of urea groups is 1. The average Bonchev–Trinajstić information content (AvgIpc) is 3.04. The third-order valence-corrected chi connectivity index (χ3v) is 5.62. The van der Waals surface area contributed by atoms with E-state index in [0.717, 1.165) is 15.7 Å². The number of hydrogen-bond donors (Lipinski definition) is 4. The fourth-order valence-corrected chi connectivity index (χ4v) is 3.85. The molecule has 1 aromatic heterocycles. The largest absolute Gasteiger partial charge is 0.506 e. The van der Waals surface area contributed by atoms with E-state index in [-0.39, 0.29) is 10.8 Å². The van der Waals surface area contributed by atoms with Crippen LogP contribution in [-0.4, -0.2) is 33.1 Å². The Bertz CT molecular complexity index is 1110. The molecule has 0 aliphatic carbocycles. The predicted octanol–water partition coefficient (Wildman–Crippen LogP) is 5.36. The Morgan fingerprint density at radius 2 is 1.91 bits per heavy atom. The number of benzene rings is 2. The standard InChI is InChI=1S/C22H25BrClN5O3/c1-22(2,8-9-25)32-19-7-5-13(10-15(19)20-16(23)12-26-29(20)3)27-21(31)28-14-4-6-17(24)18(30)11-14/h4-7,10-12,30H,8-9,25H2,1-3H3,(H2,27,28,31). The molecule has 32 heavy (non-hydrogen) atoms. The molecule has 2 amide bonds. The van der Waals surface area contributed by atoms with Crippen molar-refractivity contribution < 1.29 is 14.6 Å². The maximum atomic E-state index is 12.5. The van der Waals surface area contributed by atoms with Crippen LogP contribution in [0.15, 0.2) is 47.1 Å². The zero-order valence-corrected chi connectivity index (χ0v) is 20.3. The molecule has 0 atom stereocenters. The molecular weight excluding hydrogens is 498 g/mol. The van der Waals surface area contributed by atoms with Crippen molar-refractivity contribution >= 4 is 44.9 Å². The first-order valence-electron chi connectivity index (χ1n) is 9.87. The molecule has 0 aliphatic heterocycles. The lowest BCUT2D eigenvalue weighted by Gasteiger charge is -2.27.